The third-order valence-electron chi connectivity index (χ3n) is 4.39. The Morgan fingerprint density at radius 3 is 2.56 bits per heavy atom. The van der Waals surface area contributed by atoms with Crippen molar-refractivity contribution in [2.45, 2.75) is 32.7 Å². The highest BCUT2D eigenvalue weighted by atomic mass is 16.2. The molecule has 1 heterocycles. The quantitative estimate of drug-likeness (QED) is 0.879. The molecule has 0 aliphatic carbocycles. The Hall–Kier alpha value is -2.82. The molecule has 5 nitrogen and oxygen atoms in total. The monoisotopic (exact) mass is 337 g/mol. The number of fused-ring (bicyclic) bond motifs is 1. The maximum absolute atomic E-state index is 12.3. The minimum absolute atomic E-state index is 0.0310. The van der Waals surface area contributed by atoms with E-state index in [0.717, 1.165) is 6.42 Å². The molecule has 1 atom stereocenters. The normalized spacial score (nSPS) is 15.6. The van der Waals surface area contributed by atoms with Crippen molar-refractivity contribution in [2.24, 2.45) is 0 Å². The Balaban J connectivity index is 1.58. The Morgan fingerprint density at radius 2 is 1.80 bits per heavy atom. The second-order valence-corrected chi connectivity index (χ2v) is 6.44. The van der Waals surface area contributed by atoms with Crippen LogP contribution in [0.3, 0.4) is 0 Å². The molecule has 5 heteroatoms. The van der Waals surface area contributed by atoms with E-state index in [9.17, 15) is 9.59 Å². The molecule has 2 amide bonds. The molecule has 0 fully saturated rings. The summed E-state index contributed by atoms with van der Waals surface area (Å²) in [5, 5.41) is 5.61. The van der Waals surface area contributed by atoms with Crippen molar-refractivity contribution in [2.75, 3.05) is 22.1 Å². The summed E-state index contributed by atoms with van der Waals surface area (Å²) in [5.74, 6) is -0.165. The number of hydrogen-bond acceptors (Lipinski definition) is 3. The molecule has 3 rings (SSSR count). The summed E-state index contributed by atoms with van der Waals surface area (Å²) in [6, 6.07) is 16.0. The summed E-state index contributed by atoms with van der Waals surface area (Å²) < 4.78 is 0. The van der Waals surface area contributed by atoms with Gasteiger partial charge in [-0.15, -0.1) is 0 Å². The number of hydrogen-bond donors (Lipinski definition) is 2. The minimum atomic E-state index is -0.134. The molecule has 1 unspecified atom stereocenters. The standard InChI is InChI=1S/C20H23N3O2/c1-14-12-16-6-3-4-9-19(16)23(14)11-10-20(25)22-18-8-5-7-17(13-18)21-15(2)24/h3-9,13-14H,10-12H2,1-2H3,(H,21,24)(H,22,25). The first-order chi connectivity index (χ1) is 12.0. The van der Waals surface area contributed by atoms with Gasteiger partial charge < -0.3 is 15.5 Å². The average Bonchev–Trinajstić information content (AvgIpc) is 2.88. The van der Waals surface area contributed by atoms with Gasteiger partial charge in [-0.1, -0.05) is 24.3 Å². The van der Waals surface area contributed by atoms with Gasteiger partial charge in [-0.2, -0.15) is 0 Å². The highest BCUT2D eigenvalue weighted by molar-refractivity contribution is 5.93. The fraction of sp³-hybridized carbons (Fsp3) is 0.300. The summed E-state index contributed by atoms with van der Waals surface area (Å²) in [4.78, 5) is 25.7. The number of anilines is 3. The van der Waals surface area contributed by atoms with E-state index >= 15 is 0 Å². The van der Waals surface area contributed by atoms with Gasteiger partial charge in [0.15, 0.2) is 0 Å². The zero-order valence-corrected chi connectivity index (χ0v) is 14.6. The molecule has 2 N–H and O–H groups in total. The van der Waals surface area contributed by atoms with E-state index in [1.807, 2.05) is 12.1 Å². The van der Waals surface area contributed by atoms with E-state index in [1.165, 1.54) is 18.2 Å². The van der Waals surface area contributed by atoms with Gasteiger partial charge in [0.2, 0.25) is 11.8 Å². The zero-order chi connectivity index (χ0) is 17.8. The second-order valence-electron chi connectivity index (χ2n) is 6.44. The van der Waals surface area contributed by atoms with Crippen LogP contribution in [-0.2, 0) is 16.0 Å². The van der Waals surface area contributed by atoms with Crippen molar-refractivity contribution in [3.8, 4) is 0 Å². The molecule has 1 aliphatic rings. The van der Waals surface area contributed by atoms with E-state index in [-0.39, 0.29) is 11.8 Å². The molecule has 0 spiro atoms. The number of para-hydroxylation sites is 1. The van der Waals surface area contributed by atoms with Crippen LogP contribution in [-0.4, -0.2) is 24.4 Å². The van der Waals surface area contributed by atoms with Gasteiger partial charge in [0.25, 0.3) is 0 Å². The number of amides is 2. The van der Waals surface area contributed by atoms with Crippen molar-refractivity contribution in [3.05, 3.63) is 54.1 Å². The van der Waals surface area contributed by atoms with Crippen LogP contribution in [0.4, 0.5) is 17.1 Å². The molecule has 2 aromatic rings. The van der Waals surface area contributed by atoms with Gasteiger partial charge in [-0.3, -0.25) is 9.59 Å². The second kappa shape index (κ2) is 7.38. The molecule has 130 valence electrons. The average molecular weight is 337 g/mol. The van der Waals surface area contributed by atoms with E-state index in [2.05, 4.69) is 40.7 Å². The largest absolute Gasteiger partial charge is 0.368 e. The highest BCUT2D eigenvalue weighted by Gasteiger charge is 2.25. The lowest BCUT2D eigenvalue weighted by atomic mass is 10.1. The predicted octanol–water partition coefficient (Wildman–Crippen LogP) is 3.42. The van der Waals surface area contributed by atoms with Crippen molar-refractivity contribution in [1.82, 2.24) is 0 Å². The Bertz CT molecular complexity index is 788. The molecular weight excluding hydrogens is 314 g/mol. The van der Waals surface area contributed by atoms with Crippen LogP contribution in [0.5, 0.6) is 0 Å². The smallest absolute Gasteiger partial charge is 0.226 e. The summed E-state index contributed by atoms with van der Waals surface area (Å²) in [6.07, 6.45) is 1.44. The molecule has 0 aromatic heterocycles. The maximum atomic E-state index is 12.3. The van der Waals surface area contributed by atoms with Crippen LogP contribution in [0, 0.1) is 0 Å². The third-order valence-corrected chi connectivity index (χ3v) is 4.39. The molecule has 2 aromatic carbocycles. The Labute approximate surface area is 148 Å². The Morgan fingerprint density at radius 1 is 1.08 bits per heavy atom. The fourth-order valence-electron chi connectivity index (χ4n) is 3.29. The summed E-state index contributed by atoms with van der Waals surface area (Å²) in [5.41, 5.74) is 3.94. The van der Waals surface area contributed by atoms with E-state index in [1.54, 1.807) is 18.2 Å². The first kappa shape index (κ1) is 17.0. The first-order valence-electron chi connectivity index (χ1n) is 8.55. The van der Waals surface area contributed by atoms with Gasteiger partial charge >= 0.3 is 0 Å². The molecule has 0 saturated heterocycles. The number of carbonyl (C=O) groups is 2. The highest BCUT2D eigenvalue weighted by Crippen LogP contribution is 2.31. The van der Waals surface area contributed by atoms with E-state index in [4.69, 9.17) is 0 Å². The van der Waals surface area contributed by atoms with Gasteiger partial charge in [0.05, 0.1) is 0 Å². The lowest BCUT2D eigenvalue weighted by molar-refractivity contribution is -0.116. The number of rotatable bonds is 5. The number of nitrogens with one attached hydrogen (secondary N) is 2. The number of benzene rings is 2. The van der Waals surface area contributed by atoms with Crippen molar-refractivity contribution >= 4 is 28.9 Å². The van der Waals surface area contributed by atoms with Gasteiger partial charge in [-0.25, -0.2) is 0 Å². The lowest BCUT2D eigenvalue weighted by Crippen LogP contribution is -2.32. The summed E-state index contributed by atoms with van der Waals surface area (Å²) in [6.45, 7) is 4.34. The van der Waals surface area contributed by atoms with Crippen LogP contribution in [0.15, 0.2) is 48.5 Å². The Kier molecular flexibility index (Phi) is 5.03. The van der Waals surface area contributed by atoms with E-state index < -0.39 is 0 Å². The zero-order valence-electron chi connectivity index (χ0n) is 14.6. The van der Waals surface area contributed by atoms with Gasteiger partial charge in [0, 0.05) is 43.0 Å². The van der Waals surface area contributed by atoms with Crippen LogP contribution < -0.4 is 15.5 Å². The van der Waals surface area contributed by atoms with Crippen LogP contribution >= 0.6 is 0 Å². The van der Waals surface area contributed by atoms with E-state index in [0.29, 0.717) is 30.4 Å². The maximum Gasteiger partial charge on any atom is 0.226 e. The summed E-state index contributed by atoms with van der Waals surface area (Å²) in [7, 11) is 0. The molecular formula is C20H23N3O2. The molecule has 0 saturated carbocycles. The first-order valence-corrected chi connectivity index (χ1v) is 8.55. The SMILES string of the molecule is CC(=O)Nc1cccc(NC(=O)CCN2c3ccccc3CC2C)c1. The number of carbonyl (C=O) groups excluding carboxylic acids is 2. The fourth-order valence-corrected chi connectivity index (χ4v) is 3.29. The van der Waals surface area contributed by atoms with Crippen molar-refractivity contribution < 1.29 is 9.59 Å². The van der Waals surface area contributed by atoms with Crippen molar-refractivity contribution in [1.29, 1.82) is 0 Å². The lowest BCUT2D eigenvalue weighted by Gasteiger charge is -2.24. The van der Waals surface area contributed by atoms with Crippen molar-refractivity contribution in [3.63, 3.8) is 0 Å². The van der Waals surface area contributed by atoms with Crippen LogP contribution in [0.1, 0.15) is 25.8 Å². The van der Waals surface area contributed by atoms with Crippen LogP contribution in [0.25, 0.3) is 0 Å². The number of nitrogens with zero attached hydrogens (tertiary/aromatic N) is 1. The van der Waals surface area contributed by atoms with Crippen LogP contribution in [0.2, 0.25) is 0 Å². The summed E-state index contributed by atoms with van der Waals surface area (Å²) >= 11 is 0. The molecule has 0 bridgehead atoms. The molecule has 1 aliphatic heterocycles. The molecule has 25 heavy (non-hydrogen) atoms. The third kappa shape index (κ3) is 4.18. The van der Waals surface area contributed by atoms with Gasteiger partial charge in [0.1, 0.15) is 0 Å². The topological polar surface area (TPSA) is 61.4 Å². The molecule has 0 radical (unpaired) electrons. The minimum Gasteiger partial charge on any atom is -0.368 e. The predicted molar refractivity (Wildman–Crippen MR) is 101 cm³/mol. The van der Waals surface area contributed by atoms with Gasteiger partial charge in [-0.05, 0) is 43.2 Å².